The molecule has 0 spiro atoms. The molecule has 3 rings (SSSR count). The lowest BCUT2D eigenvalue weighted by atomic mass is 9.97. The second-order valence-corrected chi connectivity index (χ2v) is 6.15. The van der Waals surface area contributed by atoms with Crippen molar-refractivity contribution in [3.05, 3.63) is 65.0 Å². The second kappa shape index (κ2) is 7.77. The Hall–Kier alpha value is -3.22. The third-order valence-electron chi connectivity index (χ3n) is 4.20. The molecule has 0 aliphatic carbocycles. The third-order valence-corrected chi connectivity index (χ3v) is 4.20. The highest BCUT2D eigenvalue weighted by atomic mass is 16.5. The van der Waals surface area contributed by atoms with Crippen molar-refractivity contribution in [1.29, 1.82) is 0 Å². The zero-order chi connectivity index (χ0) is 18.5. The number of hydrogen-bond donors (Lipinski definition) is 1. The van der Waals surface area contributed by atoms with Crippen LogP contribution in [0.25, 0.3) is 0 Å². The van der Waals surface area contributed by atoms with E-state index in [2.05, 4.69) is 25.9 Å². The van der Waals surface area contributed by atoms with Crippen LogP contribution in [0.15, 0.2) is 42.5 Å². The fourth-order valence-corrected chi connectivity index (χ4v) is 2.76. The molecule has 0 radical (unpaired) electrons. The van der Waals surface area contributed by atoms with Crippen LogP contribution in [0.1, 0.15) is 28.4 Å². The van der Waals surface area contributed by atoms with E-state index in [1.807, 2.05) is 56.3 Å². The number of rotatable bonds is 6. The number of amides is 1. The Labute approximate surface area is 151 Å². The highest BCUT2D eigenvalue weighted by Crippen LogP contribution is 2.23. The van der Waals surface area contributed by atoms with Crippen molar-refractivity contribution in [2.75, 3.05) is 12.4 Å². The van der Waals surface area contributed by atoms with Crippen molar-refractivity contribution < 1.29 is 9.53 Å². The SMILES string of the molecule is COc1ccc(C[C@@H](C(=O)Nc2ccc(C)cc2C)c2nnn[n-]2)cc1. The minimum Gasteiger partial charge on any atom is -0.497 e. The molecule has 0 saturated carbocycles. The average Bonchev–Trinajstić information content (AvgIpc) is 3.16. The molecular weight excluding hydrogens is 330 g/mol. The lowest BCUT2D eigenvalue weighted by molar-refractivity contribution is -0.117. The maximum absolute atomic E-state index is 12.9. The van der Waals surface area contributed by atoms with E-state index in [0.29, 0.717) is 12.2 Å². The molecule has 1 N–H and O–H groups in total. The Kier molecular flexibility index (Phi) is 5.26. The Morgan fingerprint density at radius 3 is 2.58 bits per heavy atom. The van der Waals surface area contributed by atoms with Gasteiger partial charge in [0.1, 0.15) is 5.75 Å². The van der Waals surface area contributed by atoms with Gasteiger partial charge in [0.15, 0.2) is 0 Å². The van der Waals surface area contributed by atoms with Crippen molar-refractivity contribution in [2.45, 2.75) is 26.2 Å². The number of carbonyl (C=O) groups excluding carboxylic acids is 1. The van der Waals surface area contributed by atoms with Gasteiger partial charge in [-0.05, 0) is 49.6 Å². The van der Waals surface area contributed by atoms with Crippen LogP contribution in [-0.2, 0) is 11.2 Å². The van der Waals surface area contributed by atoms with Crippen LogP contribution in [0, 0.1) is 13.8 Å². The molecule has 1 aromatic heterocycles. The van der Waals surface area contributed by atoms with Crippen molar-refractivity contribution in [3.8, 4) is 5.75 Å². The van der Waals surface area contributed by atoms with Gasteiger partial charge in [0, 0.05) is 11.5 Å². The van der Waals surface area contributed by atoms with E-state index in [0.717, 1.165) is 28.1 Å². The van der Waals surface area contributed by atoms with Crippen LogP contribution in [0.5, 0.6) is 5.75 Å². The molecule has 0 saturated heterocycles. The van der Waals surface area contributed by atoms with E-state index >= 15 is 0 Å². The molecule has 1 amide bonds. The van der Waals surface area contributed by atoms with Crippen molar-refractivity contribution in [2.24, 2.45) is 0 Å². The summed E-state index contributed by atoms with van der Waals surface area (Å²) in [4.78, 5) is 12.9. The van der Waals surface area contributed by atoms with Gasteiger partial charge in [0.05, 0.1) is 13.0 Å². The van der Waals surface area contributed by atoms with Crippen LogP contribution in [0.4, 0.5) is 5.69 Å². The predicted octanol–water partition coefficient (Wildman–Crippen LogP) is 2.42. The molecule has 0 bridgehead atoms. The Morgan fingerprint density at radius 2 is 1.96 bits per heavy atom. The maximum atomic E-state index is 12.9. The molecule has 0 unspecified atom stereocenters. The summed E-state index contributed by atoms with van der Waals surface area (Å²) in [6.45, 7) is 3.98. The minimum absolute atomic E-state index is 0.192. The van der Waals surface area contributed by atoms with E-state index in [-0.39, 0.29) is 5.91 Å². The molecule has 1 heterocycles. The fraction of sp³-hybridized carbons (Fsp3) is 0.263. The number of tetrazole rings is 1. The van der Waals surface area contributed by atoms with Crippen LogP contribution in [-0.4, -0.2) is 28.5 Å². The molecule has 0 fully saturated rings. The van der Waals surface area contributed by atoms with Gasteiger partial charge in [0.2, 0.25) is 5.91 Å². The van der Waals surface area contributed by atoms with E-state index in [9.17, 15) is 4.79 Å². The van der Waals surface area contributed by atoms with Gasteiger partial charge in [-0.15, -0.1) is 0 Å². The second-order valence-electron chi connectivity index (χ2n) is 6.15. The summed E-state index contributed by atoms with van der Waals surface area (Å²) in [7, 11) is 1.62. The van der Waals surface area contributed by atoms with Gasteiger partial charge in [-0.2, -0.15) is 5.21 Å². The summed E-state index contributed by atoms with van der Waals surface area (Å²) < 4.78 is 5.17. The number of aryl methyl sites for hydroxylation is 2. The van der Waals surface area contributed by atoms with E-state index < -0.39 is 5.92 Å². The first-order valence-electron chi connectivity index (χ1n) is 8.26. The van der Waals surface area contributed by atoms with Crippen LogP contribution in [0.2, 0.25) is 0 Å². The number of nitrogens with one attached hydrogen (secondary N) is 1. The van der Waals surface area contributed by atoms with Gasteiger partial charge >= 0.3 is 0 Å². The molecule has 134 valence electrons. The fourth-order valence-electron chi connectivity index (χ4n) is 2.76. The average molecular weight is 350 g/mol. The smallest absolute Gasteiger partial charge is 0.232 e. The zero-order valence-electron chi connectivity index (χ0n) is 14.9. The minimum atomic E-state index is -0.584. The van der Waals surface area contributed by atoms with Gasteiger partial charge in [-0.3, -0.25) is 15.1 Å². The lowest BCUT2D eigenvalue weighted by Gasteiger charge is -2.18. The van der Waals surface area contributed by atoms with Crippen LogP contribution < -0.4 is 15.2 Å². The first-order chi connectivity index (χ1) is 12.6. The summed E-state index contributed by atoms with van der Waals surface area (Å²) in [5.41, 5.74) is 3.88. The summed E-state index contributed by atoms with van der Waals surface area (Å²) >= 11 is 0. The monoisotopic (exact) mass is 350 g/mol. The normalized spacial score (nSPS) is 11.8. The number of nitrogens with zero attached hydrogens (tertiary/aromatic N) is 4. The number of anilines is 1. The first kappa shape index (κ1) is 17.6. The summed E-state index contributed by atoms with van der Waals surface area (Å²) in [5.74, 6) is 0.294. The molecule has 0 aliphatic heterocycles. The lowest BCUT2D eigenvalue weighted by Crippen LogP contribution is -2.25. The van der Waals surface area contributed by atoms with Crippen molar-refractivity contribution in [1.82, 2.24) is 20.6 Å². The Balaban J connectivity index is 1.82. The molecule has 7 heteroatoms. The molecule has 1 atom stereocenters. The van der Waals surface area contributed by atoms with Crippen molar-refractivity contribution in [3.63, 3.8) is 0 Å². The highest BCUT2D eigenvalue weighted by Gasteiger charge is 2.21. The first-order valence-corrected chi connectivity index (χ1v) is 8.26. The number of ether oxygens (including phenoxy) is 1. The summed E-state index contributed by atoms with van der Waals surface area (Å²) in [5, 5.41) is 17.8. The van der Waals surface area contributed by atoms with Crippen molar-refractivity contribution >= 4 is 11.6 Å². The molecule has 7 nitrogen and oxygen atoms in total. The molecule has 0 aliphatic rings. The topological polar surface area (TPSA) is 91.1 Å². The van der Waals surface area contributed by atoms with E-state index in [4.69, 9.17) is 4.74 Å². The van der Waals surface area contributed by atoms with Gasteiger partial charge < -0.3 is 15.2 Å². The largest absolute Gasteiger partial charge is 0.497 e. The van der Waals surface area contributed by atoms with Gasteiger partial charge in [-0.1, -0.05) is 29.8 Å². The molecule has 26 heavy (non-hydrogen) atoms. The number of hydrogen-bond acceptors (Lipinski definition) is 5. The van der Waals surface area contributed by atoms with Gasteiger partial charge in [0.25, 0.3) is 0 Å². The van der Waals surface area contributed by atoms with Gasteiger partial charge in [-0.25, -0.2) is 0 Å². The quantitative estimate of drug-likeness (QED) is 0.734. The number of carbonyl (C=O) groups is 1. The standard InChI is InChI=1S/C19H21N5O2/c1-12-4-9-17(13(2)10-12)20-19(25)16(18-21-23-24-22-18)11-14-5-7-15(26-3)8-6-14/h4-10,16H,11H2,1-3H3,(H2,20,21,22,23,24,25)/p-1/t16-/m1/s1. The molecular formula is C19H20N5O2-. The zero-order valence-corrected chi connectivity index (χ0v) is 14.9. The predicted molar refractivity (Wildman–Crippen MR) is 97.1 cm³/mol. The van der Waals surface area contributed by atoms with E-state index in [1.165, 1.54) is 0 Å². The summed E-state index contributed by atoms with van der Waals surface area (Å²) in [6, 6.07) is 13.4. The highest BCUT2D eigenvalue weighted by molar-refractivity contribution is 5.96. The number of methoxy groups -OCH3 is 1. The Morgan fingerprint density at radius 1 is 1.19 bits per heavy atom. The van der Waals surface area contributed by atoms with Crippen LogP contribution >= 0.6 is 0 Å². The van der Waals surface area contributed by atoms with E-state index in [1.54, 1.807) is 7.11 Å². The third kappa shape index (κ3) is 4.05. The molecule has 3 aromatic rings. The van der Waals surface area contributed by atoms with Crippen LogP contribution in [0.3, 0.4) is 0 Å². The number of benzene rings is 2. The maximum Gasteiger partial charge on any atom is 0.232 e. The molecule has 2 aromatic carbocycles. The number of aromatic nitrogens is 4. The summed E-state index contributed by atoms with van der Waals surface area (Å²) in [6.07, 6.45) is 0.439. The Bertz CT molecular complexity index is 875.